The van der Waals surface area contributed by atoms with Crippen LogP contribution in [0.5, 0.6) is 0 Å². The van der Waals surface area contributed by atoms with Gasteiger partial charge < -0.3 is 4.90 Å². The molecule has 1 aliphatic carbocycles. The molecule has 2 nitrogen and oxygen atoms in total. The second kappa shape index (κ2) is 2.73. The molecule has 2 aliphatic rings. The van der Waals surface area contributed by atoms with Crippen molar-refractivity contribution < 1.29 is 4.79 Å². The van der Waals surface area contributed by atoms with E-state index in [9.17, 15) is 4.79 Å². The molecule has 1 saturated heterocycles. The third kappa shape index (κ3) is 1.36. The Balaban J connectivity index is 2.01. The molecule has 0 N–H and O–H groups in total. The molecular weight excluding hydrogens is 162 g/mol. The molecule has 2 heteroatoms. The van der Waals surface area contributed by atoms with E-state index in [-0.39, 0.29) is 5.92 Å². The highest BCUT2D eigenvalue weighted by atomic mass is 16.2. The van der Waals surface area contributed by atoms with Gasteiger partial charge in [0.25, 0.3) is 0 Å². The van der Waals surface area contributed by atoms with Gasteiger partial charge in [0.15, 0.2) is 0 Å². The van der Waals surface area contributed by atoms with Crippen molar-refractivity contribution in [1.29, 1.82) is 0 Å². The van der Waals surface area contributed by atoms with Crippen molar-refractivity contribution >= 4 is 5.91 Å². The Bertz CT molecular complexity index is 230. The summed E-state index contributed by atoms with van der Waals surface area (Å²) in [6.45, 7) is 8.30. The standard InChI is InChI=1S/C11H19NO/c1-8(2)10(13)12-6-9(3)11(7-12)4-5-11/h8-9H,4-7H2,1-3H3. The van der Waals surface area contributed by atoms with Gasteiger partial charge in [-0.3, -0.25) is 4.79 Å². The van der Waals surface area contributed by atoms with Crippen LogP contribution in [0, 0.1) is 17.3 Å². The van der Waals surface area contributed by atoms with Gasteiger partial charge in [-0.25, -0.2) is 0 Å². The van der Waals surface area contributed by atoms with E-state index in [0.29, 0.717) is 11.3 Å². The van der Waals surface area contributed by atoms with Gasteiger partial charge in [-0.05, 0) is 24.2 Å². The van der Waals surface area contributed by atoms with Crippen LogP contribution < -0.4 is 0 Å². The SMILES string of the molecule is CC(C)C(=O)N1CC(C)C2(CC2)C1. The van der Waals surface area contributed by atoms with Crippen LogP contribution in [0.1, 0.15) is 33.6 Å². The molecule has 2 fully saturated rings. The minimum Gasteiger partial charge on any atom is -0.342 e. The maximum atomic E-state index is 11.7. The molecule has 1 saturated carbocycles. The topological polar surface area (TPSA) is 20.3 Å². The molecule has 13 heavy (non-hydrogen) atoms. The molecule has 1 spiro atoms. The normalized spacial score (nSPS) is 30.2. The summed E-state index contributed by atoms with van der Waals surface area (Å²) in [5.74, 6) is 1.24. The zero-order valence-electron chi connectivity index (χ0n) is 8.84. The van der Waals surface area contributed by atoms with Gasteiger partial charge in [-0.15, -0.1) is 0 Å². The van der Waals surface area contributed by atoms with Crippen LogP contribution in [0.15, 0.2) is 0 Å². The van der Waals surface area contributed by atoms with Crippen molar-refractivity contribution in [3.05, 3.63) is 0 Å². The summed E-state index contributed by atoms with van der Waals surface area (Å²) in [6, 6.07) is 0. The van der Waals surface area contributed by atoms with Crippen LogP contribution in [0.2, 0.25) is 0 Å². The molecule has 0 aromatic heterocycles. The average Bonchev–Trinajstić information content (AvgIpc) is 2.75. The van der Waals surface area contributed by atoms with Crippen LogP contribution in [0.4, 0.5) is 0 Å². The smallest absolute Gasteiger partial charge is 0.225 e. The highest BCUT2D eigenvalue weighted by Crippen LogP contribution is 2.56. The van der Waals surface area contributed by atoms with Gasteiger partial charge in [0.05, 0.1) is 0 Å². The third-order valence-electron chi connectivity index (χ3n) is 3.74. The maximum absolute atomic E-state index is 11.7. The molecule has 0 aromatic rings. The first kappa shape index (κ1) is 9.04. The van der Waals surface area contributed by atoms with Gasteiger partial charge in [0, 0.05) is 19.0 Å². The second-order valence-corrected chi connectivity index (χ2v) is 5.14. The summed E-state index contributed by atoms with van der Waals surface area (Å²) in [6.07, 6.45) is 2.69. The minimum atomic E-state index is 0.168. The van der Waals surface area contributed by atoms with Gasteiger partial charge in [0.1, 0.15) is 0 Å². The lowest BCUT2D eigenvalue weighted by Crippen LogP contribution is -2.32. The van der Waals surface area contributed by atoms with Crippen molar-refractivity contribution in [2.75, 3.05) is 13.1 Å². The minimum absolute atomic E-state index is 0.168. The number of rotatable bonds is 1. The quantitative estimate of drug-likeness (QED) is 0.605. The predicted octanol–water partition coefficient (Wildman–Crippen LogP) is 1.90. The van der Waals surface area contributed by atoms with Gasteiger partial charge >= 0.3 is 0 Å². The molecule has 0 radical (unpaired) electrons. The molecule has 0 aromatic carbocycles. The fraction of sp³-hybridized carbons (Fsp3) is 0.909. The Kier molecular flexibility index (Phi) is 1.90. The van der Waals surface area contributed by atoms with Crippen LogP contribution in [0.25, 0.3) is 0 Å². The Morgan fingerprint density at radius 3 is 2.46 bits per heavy atom. The van der Waals surface area contributed by atoms with E-state index >= 15 is 0 Å². The molecule has 1 unspecified atom stereocenters. The Morgan fingerprint density at radius 2 is 2.08 bits per heavy atom. The van der Waals surface area contributed by atoms with Crippen molar-refractivity contribution in [3.63, 3.8) is 0 Å². The van der Waals surface area contributed by atoms with E-state index < -0.39 is 0 Å². The number of carbonyl (C=O) groups excluding carboxylic acids is 1. The number of likely N-dealkylation sites (tertiary alicyclic amines) is 1. The van der Waals surface area contributed by atoms with Crippen molar-refractivity contribution in [2.45, 2.75) is 33.6 Å². The summed E-state index contributed by atoms with van der Waals surface area (Å²) in [4.78, 5) is 13.8. The van der Waals surface area contributed by atoms with Gasteiger partial charge in [-0.1, -0.05) is 20.8 Å². The lowest BCUT2D eigenvalue weighted by Gasteiger charge is -2.18. The molecule has 74 valence electrons. The molecule has 1 amide bonds. The van der Waals surface area contributed by atoms with Crippen LogP contribution in [0.3, 0.4) is 0 Å². The number of carbonyl (C=O) groups is 1. The first-order valence-corrected chi connectivity index (χ1v) is 5.34. The molecule has 1 aliphatic heterocycles. The molecular formula is C11H19NO. The van der Waals surface area contributed by atoms with E-state index in [2.05, 4.69) is 11.8 Å². The van der Waals surface area contributed by atoms with Crippen LogP contribution in [-0.4, -0.2) is 23.9 Å². The van der Waals surface area contributed by atoms with Crippen molar-refractivity contribution in [2.24, 2.45) is 17.3 Å². The second-order valence-electron chi connectivity index (χ2n) is 5.14. The monoisotopic (exact) mass is 181 g/mol. The number of nitrogens with zero attached hydrogens (tertiary/aromatic N) is 1. The predicted molar refractivity (Wildman–Crippen MR) is 52.2 cm³/mol. The van der Waals surface area contributed by atoms with E-state index in [0.717, 1.165) is 19.0 Å². The summed E-state index contributed by atoms with van der Waals surface area (Å²) in [7, 11) is 0. The Labute approximate surface area is 80.3 Å². The first-order chi connectivity index (χ1) is 6.05. The van der Waals surface area contributed by atoms with Gasteiger partial charge in [-0.2, -0.15) is 0 Å². The van der Waals surface area contributed by atoms with E-state index in [1.54, 1.807) is 0 Å². The largest absolute Gasteiger partial charge is 0.342 e. The first-order valence-electron chi connectivity index (χ1n) is 5.34. The summed E-state index contributed by atoms with van der Waals surface area (Å²) in [5.41, 5.74) is 0.546. The molecule has 1 heterocycles. The molecule has 2 rings (SSSR count). The lowest BCUT2D eigenvalue weighted by atomic mass is 9.95. The average molecular weight is 181 g/mol. The fourth-order valence-electron chi connectivity index (χ4n) is 2.47. The van der Waals surface area contributed by atoms with Crippen molar-refractivity contribution in [3.8, 4) is 0 Å². The zero-order valence-corrected chi connectivity index (χ0v) is 8.84. The Morgan fingerprint density at radius 1 is 1.46 bits per heavy atom. The molecule has 0 bridgehead atoms. The highest BCUT2D eigenvalue weighted by Gasteiger charge is 2.53. The zero-order chi connectivity index (χ0) is 9.64. The van der Waals surface area contributed by atoms with E-state index in [1.807, 2.05) is 13.8 Å². The summed E-state index contributed by atoms with van der Waals surface area (Å²) < 4.78 is 0. The van der Waals surface area contributed by atoms with E-state index in [1.165, 1.54) is 12.8 Å². The maximum Gasteiger partial charge on any atom is 0.225 e. The van der Waals surface area contributed by atoms with E-state index in [4.69, 9.17) is 0 Å². The van der Waals surface area contributed by atoms with Crippen LogP contribution in [-0.2, 0) is 4.79 Å². The highest BCUT2D eigenvalue weighted by molar-refractivity contribution is 5.78. The lowest BCUT2D eigenvalue weighted by molar-refractivity contribution is -0.133. The number of hydrogen-bond donors (Lipinski definition) is 0. The van der Waals surface area contributed by atoms with Crippen LogP contribution >= 0.6 is 0 Å². The van der Waals surface area contributed by atoms with Crippen molar-refractivity contribution in [1.82, 2.24) is 4.90 Å². The Hall–Kier alpha value is -0.530. The summed E-state index contributed by atoms with van der Waals surface area (Å²) >= 11 is 0. The molecule has 1 atom stereocenters. The van der Waals surface area contributed by atoms with Gasteiger partial charge in [0.2, 0.25) is 5.91 Å². The number of amides is 1. The third-order valence-corrected chi connectivity index (χ3v) is 3.74. The summed E-state index contributed by atoms with van der Waals surface area (Å²) in [5, 5.41) is 0. The fourth-order valence-corrected chi connectivity index (χ4v) is 2.47. The number of hydrogen-bond acceptors (Lipinski definition) is 1.